The van der Waals surface area contributed by atoms with Crippen LogP contribution >= 0.6 is 0 Å². The Hall–Kier alpha value is -4.02. The van der Waals surface area contributed by atoms with Gasteiger partial charge >= 0.3 is 6.18 Å². The van der Waals surface area contributed by atoms with Crippen LogP contribution in [-0.2, 0) is 6.18 Å². The van der Waals surface area contributed by atoms with E-state index in [9.17, 15) is 18.3 Å². The van der Waals surface area contributed by atoms with Crippen LogP contribution in [0.15, 0.2) is 72.8 Å². The highest BCUT2D eigenvalue weighted by Crippen LogP contribution is 2.35. The monoisotopic (exact) mass is 548 g/mol. The zero-order chi connectivity index (χ0) is 28.3. The average molecular weight is 549 g/mol. The first-order chi connectivity index (χ1) is 19.2. The number of phenolic OH excluding ortho intramolecular Hbond substituents is 1. The third-order valence-electron chi connectivity index (χ3n) is 7.29. The zero-order valence-electron chi connectivity index (χ0n) is 22.4. The number of alkyl halides is 3. The van der Waals surface area contributed by atoms with Crippen molar-refractivity contribution in [2.75, 3.05) is 32.7 Å². The van der Waals surface area contributed by atoms with Crippen LogP contribution < -0.4 is 0 Å². The molecule has 4 aromatic rings. The molecule has 0 bridgehead atoms. The topological polar surface area (TPSA) is 70.3 Å². The highest BCUT2D eigenvalue weighted by molar-refractivity contribution is 5.56. The lowest BCUT2D eigenvalue weighted by atomic mass is 10.00. The molecular weight excluding hydrogens is 517 g/mol. The van der Waals surface area contributed by atoms with Gasteiger partial charge in [0.2, 0.25) is 0 Å². The lowest BCUT2D eigenvalue weighted by molar-refractivity contribution is -0.137. The molecule has 1 N–H and O–H groups in total. The standard InChI is InChI=1S/C30H31F3N6O/c1-21-8-5-9-22(2)27(21)39-29(34-35-36-39)28(24-11-6-13-25(20-24)30(31,32)33)38-18-16-37(17-19-38)15-7-12-23-10-3-4-14-26(23)40/h3-14,20,28,40H,15-19H2,1-2H3/b12-7+/t28-/m1/s1. The SMILES string of the molecule is Cc1cccc(C)c1-n1nnnc1[C@@H](c1cccc(C(F)(F)F)c1)N1CCN(C/C=C/c2ccccc2O)CC1. The quantitative estimate of drug-likeness (QED) is 0.333. The first-order valence-corrected chi connectivity index (χ1v) is 13.2. The molecule has 7 nitrogen and oxygen atoms in total. The van der Waals surface area contributed by atoms with Gasteiger partial charge in [-0.2, -0.15) is 17.9 Å². The van der Waals surface area contributed by atoms with Crippen LogP contribution in [0.2, 0.25) is 0 Å². The Kier molecular flexibility index (Phi) is 7.99. The predicted octanol–water partition coefficient (Wildman–Crippen LogP) is 5.42. The number of benzene rings is 3. The van der Waals surface area contributed by atoms with E-state index in [1.165, 1.54) is 12.1 Å². The minimum absolute atomic E-state index is 0.231. The molecular formula is C30H31F3N6O. The van der Waals surface area contributed by atoms with E-state index in [1.54, 1.807) is 22.9 Å². The summed E-state index contributed by atoms with van der Waals surface area (Å²) in [7, 11) is 0. The Morgan fingerprint density at radius 2 is 1.62 bits per heavy atom. The highest BCUT2D eigenvalue weighted by atomic mass is 19.4. The fraction of sp³-hybridized carbons (Fsp3) is 0.300. The van der Waals surface area contributed by atoms with Gasteiger partial charge < -0.3 is 5.11 Å². The molecule has 0 saturated carbocycles. The Bertz CT molecular complexity index is 1470. The van der Waals surface area contributed by atoms with Crippen LogP contribution in [0.5, 0.6) is 5.75 Å². The maximum atomic E-state index is 13.7. The molecule has 40 heavy (non-hydrogen) atoms. The molecule has 0 radical (unpaired) electrons. The van der Waals surface area contributed by atoms with Crippen LogP contribution in [0.25, 0.3) is 11.8 Å². The van der Waals surface area contributed by atoms with Gasteiger partial charge in [-0.15, -0.1) is 5.10 Å². The second-order valence-corrected chi connectivity index (χ2v) is 10.0. The minimum atomic E-state index is -4.46. The first-order valence-electron chi connectivity index (χ1n) is 13.2. The summed E-state index contributed by atoms with van der Waals surface area (Å²) in [4.78, 5) is 4.42. The van der Waals surface area contributed by atoms with Crippen LogP contribution in [0.1, 0.15) is 39.7 Å². The minimum Gasteiger partial charge on any atom is -0.507 e. The van der Waals surface area contributed by atoms with Crippen LogP contribution in [0.4, 0.5) is 13.2 Å². The maximum Gasteiger partial charge on any atom is 0.416 e. The van der Waals surface area contributed by atoms with Gasteiger partial charge in [-0.1, -0.05) is 60.7 Å². The third kappa shape index (κ3) is 5.93. The second-order valence-electron chi connectivity index (χ2n) is 10.0. The van der Waals surface area contributed by atoms with Crippen molar-refractivity contribution in [3.05, 3.63) is 106 Å². The normalized spacial score (nSPS) is 16.0. The van der Waals surface area contributed by atoms with Crippen molar-refractivity contribution in [2.24, 2.45) is 0 Å². The van der Waals surface area contributed by atoms with E-state index in [4.69, 9.17) is 0 Å². The number of aromatic nitrogens is 4. The lowest BCUT2D eigenvalue weighted by Crippen LogP contribution is -2.48. The van der Waals surface area contributed by atoms with Crippen LogP contribution in [-0.4, -0.2) is 67.8 Å². The van der Waals surface area contributed by atoms with Crippen LogP contribution in [0.3, 0.4) is 0 Å². The van der Waals surface area contributed by atoms with E-state index in [0.717, 1.165) is 28.4 Å². The second kappa shape index (κ2) is 11.6. The van der Waals surface area contributed by atoms with Gasteiger partial charge in [-0.05, 0) is 59.2 Å². The number of hydrogen-bond acceptors (Lipinski definition) is 6. The highest BCUT2D eigenvalue weighted by Gasteiger charge is 2.35. The molecule has 1 fully saturated rings. The van der Waals surface area contributed by atoms with Crippen molar-refractivity contribution in [3.63, 3.8) is 0 Å². The molecule has 208 valence electrons. The lowest BCUT2D eigenvalue weighted by Gasteiger charge is -2.38. The smallest absolute Gasteiger partial charge is 0.416 e. The van der Waals surface area contributed by atoms with E-state index >= 15 is 0 Å². The zero-order valence-corrected chi connectivity index (χ0v) is 22.4. The molecule has 1 aliphatic heterocycles. The number of piperazine rings is 1. The van der Waals surface area contributed by atoms with E-state index < -0.39 is 17.8 Å². The number of aryl methyl sites for hydroxylation is 2. The van der Waals surface area contributed by atoms with Gasteiger partial charge in [-0.3, -0.25) is 9.80 Å². The van der Waals surface area contributed by atoms with Gasteiger partial charge in [-0.25, -0.2) is 0 Å². The van der Waals surface area contributed by atoms with Gasteiger partial charge in [0.1, 0.15) is 5.75 Å². The molecule has 0 unspecified atom stereocenters. The van der Waals surface area contributed by atoms with E-state index in [1.807, 2.05) is 56.3 Å². The summed E-state index contributed by atoms with van der Waals surface area (Å²) in [5.41, 5.74) is 3.31. The van der Waals surface area contributed by atoms with Gasteiger partial charge in [0.05, 0.1) is 17.3 Å². The molecule has 5 rings (SSSR count). The molecule has 10 heteroatoms. The molecule has 0 aliphatic carbocycles. The van der Waals surface area contributed by atoms with Crippen molar-refractivity contribution in [1.82, 2.24) is 30.0 Å². The predicted molar refractivity (Wildman–Crippen MR) is 147 cm³/mol. The van der Waals surface area contributed by atoms with Gasteiger partial charge in [0.25, 0.3) is 0 Å². The number of rotatable bonds is 7. The number of para-hydroxylation sites is 2. The Labute approximate surface area is 231 Å². The number of aromatic hydroxyl groups is 1. The number of halogens is 3. The molecule has 3 aromatic carbocycles. The summed E-state index contributed by atoms with van der Waals surface area (Å²) >= 11 is 0. The summed E-state index contributed by atoms with van der Waals surface area (Å²) in [5, 5.41) is 22.6. The van der Waals surface area contributed by atoms with E-state index in [0.29, 0.717) is 44.1 Å². The summed E-state index contributed by atoms with van der Waals surface area (Å²) < 4.78 is 42.7. The molecule has 1 saturated heterocycles. The summed E-state index contributed by atoms with van der Waals surface area (Å²) in [6, 6.07) is 17.9. The van der Waals surface area contributed by atoms with Crippen molar-refractivity contribution in [2.45, 2.75) is 26.1 Å². The molecule has 0 spiro atoms. The average Bonchev–Trinajstić information content (AvgIpc) is 3.39. The fourth-order valence-corrected chi connectivity index (χ4v) is 5.23. The van der Waals surface area contributed by atoms with Gasteiger partial charge in [0, 0.05) is 38.3 Å². The molecule has 1 aromatic heterocycles. The third-order valence-corrected chi connectivity index (χ3v) is 7.29. The van der Waals surface area contributed by atoms with E-state index in [2.05, 4.69) is 25.3 Å². The van der Waals surface area contributed by atoms with Crippen molar-refractivity contribution in [1.29, 1.82) is 0 Å². The largest absolute Gasteiger partial charge is 0.507 e. The molecule has 1 aliphatic rings. The Balaban J connectivity index is 1.43. The van der Waals surface area contributed by atoms with Crippen molar-refractivity contribution in [3.8, 4) is 11.4 Å². The van der Waals surface area contributed by atoms with Gasteiger partial charge in [0.15, 0.2) is 5.82 Å². The molecule has 0 amide bonds. The maximum absolute atomic E-state index is 13.7. The summed E-state index contributed by atoms with van der Waals surface area (Å²) in [6.07, 6.45) is -0.556. The number of nitrogens with zero attached hydrogens (tertiary/aromatic N) is 6. The van der Waals surface area contributed by atoms with E-state index in [-0.39, 0.29) is 5.75 Å². The Morgan fingerprint density at radius 3 is 2.33 bits per heavy atom. The number of tetrazole rings is 1. The summed E-state index contributed by atoms with van der Waals surface area (Å²) in [5.74, 6) is 0.707. The summed E-state index contributed by atoms with van der Waals surface area (Å²) in [6.45, 7) is 7.28. The fourth-order valence-electron chi connectivity index (χ4n) is 5.23. The first kappa shape index (κ1) is 27.5. The molecule has 1 atom stereocenters. The number of phenols is 1. The molecule has 2 heterocycles. The number of hydrogen-bond donors (Lipinski definition) is 1. The van der Waals surface area contributed by atoms with Crippen molar-refractivity contribution < 1.29 is 18.3 Å². The van der Waals surface area contributed by atoms with Crippen LogP contribution in [0, 0.1) is 13.8 Å². The Morgan fingerprint density at radius 1 is 0.925 bits per heavy atom. The van der Waals surface area contributed by atoms with Crippen molar-refractivity contribution >= 4 is 6.08 Å².